The van der Waals surface area contributed by atoms with Crippen LogP contribution in [0.2, 0.25) is 0 Å². The topological polar surface area (TPSA) is 36.9 Å². The van der Waals surface area contributed by atoms with Crippen LogP contribution in [0.25, 0.3) is 0 Å². The largest absolute Gasteiger partial charge is 0.487 e. The maximum absolute atomic E-state index is 14.3. The Hall–Kier alpha value is -1.17. The molecule has 1 heterocycles. The molecule has 0 N–H and O–H groups in total. The predicted molar refractivity (Wildman–Crippen MR) is 95.7 cm³/mol. The van der Waals surface area contributed by atoms with Gasteiger partial charge in [-0.25, -0.2) is 4.39 Å². The van der Waals surface area contributed by atoms with Gasteiger partial charge in [0.05, 0.1) is 31.0 Å². The Morgan fingerprint density at radius 3 is 2.40 bits per heavy atom. The first-order valence-corrected chi connectivity index (χ1v) is 8.97. The highest BCUT2D eigenvalue weighted by Gasteiger charge is 2.38. The number of ether oxygens (including phenoxy) is 4. The van der Waals surface area contributed by atoms with Crippen LogP contribution in [0.5, 0.6) is 5.75 Å². The highest BCUT2D eigenvalue weighted by molar-refractivity contribution is 5.29. The van der Waals surface area contributed by atoms with Crippen molar-refractivity contribution in [3.05, 3.63) is 29.6 Å². The normalized spacial score (nSPS) is 16.9. The van der Waals surface area contributed by atoms with Gasteiger partial charge in [0, 0.05) is 20.0 Å². The van der Waals surface area contributed by atoms with E-state index in [1.165, 1.54) is 6.07 Å². The lowest BCUT2D eigenvalue weighted by molar-refractivity contribution is -0.162. The fraction of sp³-hybridized carbons (Fsp3) is 0.700. The molecule has 0 aliphatic carbocycles. The van der Waals surface area contributed by atoms with Gasteiger partial charge in [-0.3, -0.25) is 0 Å². The molecule has 25 heavy (non-hydrogen) atoms. The second-order valence-electron chi connectivity index (χ2n) is 7.52. The Morgan fingerprint density at radius 1 is 1.12 bits per heavy atom. The molecular weight excluding hydrogens is 323 g/mol. The van der Waals surface area contributed by atoms with Crippen molar-refractivity contribution in [3.8, 4) is 5.75 Å². The molecule has 0 unspecified atom stereocenters. The molecule has 1 aliphatic heterocycles. The Labute approximate surface area is 150 Å². The number of methoxy groups -OCH3 is 1. The highest BCUT2D eigenvalue weighted by atomic mass is 19.1. The van der Waals surface area contributed by atoms with Crippen molar-refractivity contribution in [2.75, 3.05) is 26.9 Å². The van der Waals surface area contributed by atoms with E-state index in [2.05, 4.69) is 0 Å². The molecule has 142 valence electrons. The monoisotopic (exact) mass is 354 g/mol. The van der Waals surface area contributed by atoms with Gasteiger partial charge in [-0.2, -0.15) is 0 Å². The van der Waals surface area contributed by atoms with Crippen LogP contribution < -0.4 is 4.74 Å². The summed E-state index contributed by atoms with van der Waals surface area (Å²) in [6, 6.07) is 5.15. The Balaban J connectivity index is 1.88. The van der Waals surface area contributed by atoms with E-state index < -0.39 is 11.2 Å². The SMILES string of the molecule is COC(C)(C)C(C)(C)OCCc1ccc(OC2CCOCC2)c(F)c1. The lowest BCUT2D eigenvalue weighted by atomic mass is 9.89. The van der Waals surface area contributed by atoms with Crippen LogP contribution in [-0.4, -0.2) is 44.2 Å². The maximum atomic E-state index is 14.3. The fourth-order valence-electron chi connectivity index (χ4n) is 2.61. The summed E-state index contributed by atoms with van der Waals surface area (Å²) in [6.45, 7) is 9.85. The molecule has 4 nitrogen and oxygen atoms in total. The van der Waals surface area contributed by atoms with Crippen LogP contribution in [-0.2, 0) is 20.6 Å². The number of benzene rings is 1. The van der Waals surface area contributed by atoms with Crippen molar-refractivity contribution in [3.63, 3.8) is 0 Å². The van der Waals surface area contributed by atoms with E-state index in [0.29, 0.717) is 32.0 Å². The molecule has 0 aromatic heterocycles. The van der Waals surface area contributed by atoms with Crippen molar-refractivity contribution in [1.82, 2.24) is 0 Å². The number of hydrogen-bond donors (Lipinski definition) is 0. The third-order valence-corrected chi connectivity index (χ3v) is 5.27. The van der Waals surface area contributed by atoms with Gasteiger partial charge in [-0.1, -0.05) is 6.07 Å². The van der Waals surface area contributed by atoms with Crippen LogP contribution >= 0.6 is 0 Å². The zero-order valence-electron chi connectivity index (χ0n) is 16.1. The minimum atomic E-state index is -0.438. The average molecular weight is 354 g/mol. The zero-order chi connectivity index (χ0) is 18.5. The first kappa shape index (κ1) is 20.1. The summed E-state index contributed by atoms with van der Waals surface area (Å²) in [5.74, 6) is -0.00196. The second kappa shape index (κ2) is 8.47. The molecule has 0 saturated carbocycles. The minimum absolute atomic E-state index is 0.0366. The fourth-order valence-corrected chi connectivity index (χ4v) is 2.61. The summed E-state index contributed by atoms with van der Waals surface area (Å²) in [6.07, 6.45) is 2.28. The quantitative estimate of drug-likeness (QED) is 0.703. The standard InChI is InChI=1S/C20H31FO4/c1-19(2,22-5)20(3,4)24-13-8-15-6-7-18(17(21)14-15)25-16-9-11-23-12-10-16/h6-7,14,16H,8-13H2,1-5H3. The zero-order valence-corrected chi connectivity index (χ0v) is 16.1. The third kappa shape index (κ3) is 5.40. The molecule has 0 spiro atoms. The first-order valence-electron chi connectivity index (χ1n) is 8.97. The van der Waals surface area contributed by atoms with Crippen LogP contribution in [0.3, 0.4) is 0 Å². The Morgan fingerprint density at radius 2 is 1.80 bits per heavy atom. The van der Waals surface area contributed by atoms with Gasteiger partial charge in [-0.15, -0.1) is 0 Å². The number of hydrogen-bond acceptors (Lipinski definition) is 4. The molecule has 0 atom stereocenters. The van der Waals surface area contributed by atoms with E-state index in [9.17, 15) is 4.39 Å². The van der Waals surface area contributed by atoms with Gasteiger partial charge in [0.2, 0.25) is 0 Å². The average Bonchev–Trinajstić information content (AvgIpc) is 2.58. The summed E-state index contributed by atoms with van der Waals surface area (Å²) >= 11 is 0. The van der Waals surface area contributed by atoms with Gasteiger partial charge < -0.3 is 18.9 Å². The van der Waals surface area contributed by atoms with Crippen LogP contribution in [0.1, 0.15) is 46.1 Å². The molecule has 1 fully saturated rings. The molecule has 0 radical (unpaired) electrons. The van der Waals surface area contributed by atoms with E-state index in [0.717, 1.165) is 18.4 Å². The van der Waals surface area contributed by atoms with Crippen molar-refractivity contribution in [2.45, 2.75) is 64.3 Å². The van der Waals surface area contributed by atoms with E-state index in [-0.39, 0.29) is 11.9 Å². The van der Waals surface area contributed by atoms with Gasteiger partial charge in [0.1, 0.15) is 6.10 Å². The first-order chi connectivity index (χ1) is 11.7. The summed E-state index contributed by atoms with van der Waals surface area (Å²) in [7, 11) is 1.68. The molecule has 1 saturated heterocycles. The molecule has 1 aromatic rings. The van der Waals surface area contributed by atoms with Crippen LogP contribution in [0, 0.1) is 5.82 Å². The highest BCUT2D eigenvalue weighted by Crippen LogP contribution is 2.29. The second-order valence-corrected chi connectivity index (χ2v) is 7.52. The van der Waals surface area contributed by atoms with Gasteiger partial charge in [0.15, 0.2) is 11.6 Å². The number of halogens is 1. The van der Waals surface area contributed by atoms with E-state index in [4.69, 9.17) is 18.9 Å². The molecular formula is C20H31FO4. The molecule has 1 aliphatic rings. The van der Waals surface area contributed by atoms with Gasteiger partial charge in [0.25, 0.3) is 0 Å². The lowest BCUT2D eigenvalue weighted by Gasteiger charge is -2.40. The summed E-state index contributed by atoms with van der Waals surface area (Å²) in [5.41, 5.74) is 0.0503. The molecule has 0 amide bonds. The summed E-state index contributed by atoms with van der Waals surface area (Å²) < 4.78 is 36.8. The molecule has 5 heteroatoms. The van der Waals surface area contributed by atoms with E-state index in [1.807, 2.05) is 33.8 Å². The lowest BCUT2D eigenvalue weighted by Crippen LogP contribution is -2.49. The van der Waals surface area contributed by atoms with E-state index in [1.54, 1.807) is 13.2 Å². The summed E-state index contributed by atoms with van der Waals surface area (Å²) in [4.78, 5) is 0. The molecule has 0 bridgehead atoms. The molecule has 1 aromatic carbocycles. The van der Waals surface area contributed by atoms with Crippen molar-refractivity contribution < 1.29 is 23.3 Å². The maximum Gasteiger partial charge on any atom is 0.165 e. The minimum Gasteiger partial charge on any atom is -0.487 e. The third-order valence-electron chi connectivity index (χ3n) is 5.27. The van der Waals surface area contributed by atoms with Crippen LogP contribution in [0.15, 0.2) is 18.2 Å². The predicted octanol–water partition coefficient (Wildman–Crippen LogP) is 4.15. The van der Waals surface area contributed by atoms with E-state index >= 15 is 0 Å². The Kier molecular flexibility index (Phi) is 6.83. The van der Waals surface area contributed by atoms with Crippen LogP contribution in [0.4, 0.5) is 4.39 Å². The molecule has 2 rings (SSSR count). The smallest absolute Gasteiger partial charge is 0.165 e. The van der Waals surface area contributed by atoms with Gasteiger partial charge in [-0.05, 0) is 51.8 Å². The Bertz CT molecular complexity index is 551. The summed E-state index contributed by atoms with van der Waals surface area (Å²) in [5, 5.41) is 0. The number of rotatable bonds is 8. The van der Waals surface area contributed by atoms with Crippen molar-refractivity contribution in [2.24, 2.45) is 0 Å². The van der Waals surface area contributed by atoms with Gasteiger partial charge >= 0.3 is 0 Å². The van der Waals surface area contributed by atoms with Crippen molar-refractivity contribution in [1.29, 1.82) is 0 Å². The van der Waals surface area contributed by atoms with Crippen molar-refractivity contribution >= 4 is 0 Å².